The first-order chi connectivity index (χ1) is 14.0. The highest BCUT2D eigenvalue weighted by atomic mass is 16.5. The minimum absolute atomic E-state index is 0.204. The predicted octanol–water partition coefficient (Wildman–Crippen LogP) is 4.61. The van der Waals surface area contributed by atoms with Crippen LogP contribution in [-0.2, 0) is 11.3 Å². The van der Waals surface area contributed by atoms with Crippen LogP contribution in [0, 0.1) is 0 Å². The zero-order chi connectivity index (χ0) is 20.7. The average molecular weight is 396 g/mol. The number of hydrogen-bond donors (Lipinski definition) is 2. The monoisotopic (exact) mass is 396 g/mol. The summed E-state index contributed by atoms with van der Waals surface area (Å²) in [6, 6.07) is 13.2. The normalized spacial score (nSPS) is 17.2. The van der Waals surface area contributed by atoms with Gasteiger partial charge < -0.3 is 24.8 Å². The Hall–Kier alpha value is -2.99. The van der Waals surface area contributed by atoms with Gasteiger partial charge in [0, 0.05) is 17.8 Å². The zero-order valence-corrected chi connectivity index (χ0v) is 17.2. The van der Waals surface area contributed by atoms with Crippen molar-refractivity contribution in [1.29, 1.82) is 0 Å². The zero-order valence-electron chi connectivity index (χ0n) is 17.2. The van der Waals surface area contributed by atoms with E-state index in [0.29, 0.717) is 19.8 Å². The number of hydrogen-bond acceptors (Lipinski definition) is 4. The van der Waals surface area contributed by atoms with Crippen LogP contribution in [0.25, 0.3) is 6.08 Å². The summed E-state index contributed by atoms with van der Waals surface area (Å²) in [7, 11) is 1.65. The molecule has 0 radical (unpaired) electrons. The molecule has 2 amide bonds. The molecule has 2 aromatic rings. The van der Waals surface area contributed by atoms with Crippen LogP contribution in [-0.4, -0.2) is 31.9 Å². The number of ether oxygens (including phenoxy) is 3. The number of anilines is 1. The van der Waals surface area contributed by atoms with Crippen molar-refractivity contribution in [3.8, 4) is 11.5 Å². The second-order valence-corrected chi connectivity index (χ2v) is 7.22. The van der Waals surface area contributed by atoms with Crippen LogP contribution in [0.3, 0.4) is 0 Å². The van der Waals surface area contributed by atoms with E-state index in [-0.39, 0.29) is 6.03 Å². The number of carbonyl (C=O) groups is 1. The first-order valence-corrected chi connectivity index (χ1v) is 9.79. The summed E-state index contributed by atoms with van der Waals surface area (Å²) in [5.74, 6) is 1.59. The van der Waals surface area contributed by atoms with Crippen molar-refractivity contribution in [2.24, 2.45) is 0 Å². The van der Waals surface area contributed by atoms with Crippen LogP contribution in [0.2, 0.25) is 0 Å². The van der Waals surface area contributed by atoms with Gasteiger partial charge in [-0.1, -0.05) is 25.1 Å². The molecule has 0 saturated carbocycles. The molecule has 1 unspecified atom stereocenters. The first-order valence-electron chi connectivity index (χ1n) is 9.79. The van der Waals surface area contributed by atoms with E-state index >= 15 is 0 Å². The summed E-state index contributed by atoms with van der Waals surface area (Å²) in [5, 5.41) is 5.63. The molecule has 0 aliphatic carbocycles. The topological polar surface area (TPSA) is 68.8 Å². The molecule has 6 heteroatoms. The maximum atomic E-state index is 11.8. The third kappa shape index (κ3) is 5.74. The van der Waals surface area contributed by atoms with Crippen LogP contribution in [0.15, 0.2) is 48.5 Å². The Balaban J connectivity index is 1.55. The minimum Gasteiger partial charge on any atom is -0.497 e. The lowest BCUT2D eigenvalue weighted by Crippen LogP contribution is -2.37. The smallest absolute Gasteiger partial charge is 0.319 e. The predicted molar refractivity (Wildman–Crippen MR) is 114 cm³/mol. The van der Waals surface area contributed by atoms with E-state index in [1.807, 2.05) is 68.5 Å². The van der Waals surface area contributed by atoms with Crippen molar-refractivity contribution in [1.82, 2.24) is 5.32 Å². The molecule has 0 bridgehead atoms. The van der Waals surface area contributed by atoms with Crippen molar-refractivity contribution >= 4 is 17.8 Å². The van der Waals surface area contributed by atoms with Gasteiger partial charge in [-0.05, 0) is 55.3 Å². The second kappa shape index (κ2) is 9.47. The number of fused-ring (bicyclic) bond motifs is 1. The van der Waals surface area contributed by atoms with Crippen molar-refractivity contribution in [3.63, 3.8) is 0 Å². The van der Waals surface area contributed by atoms with E-state index in [4.69, 9.17) is 14.2 Å². The largest absolute Gasteiger partial charge is 0.497 e. The molecule has 1 aliphatic heterocycles. The molecule has 0 aromatic heterocycles. The number of nitrogens with one attached hydrogen (secondary N) is 2. The Morgan fingerprint density at radius 1 is 1.17 bits per heavy atom. The van der Waals surface area contributed by atoms with E-state index in [1.165, 1.54) is 0 Å². The summed E-state index contributed by atoms with van der Waals surface area (Å²) in [6.07, 6.45) is 4.89. The molecule has 6 nitrogen and oxygen atoms in total. The lowest BCUT2D eigenvalue weighted by molar-refractivity contribution is 0.00631. The highest BCUT2D eigenvalue weighted by Crippen LogP contribution is 2.33. The fourth-order valence-electron chi connectivity index (χ4n) is 2.99. The number of benzene rings is 2. The third-order valence-electron chi connectivity index (χ3n) is 4.58. The fraction of sp³-hybridized carbons (Fsp3) is 0.348. The van der Waals surface area contributed by atoms with E-state index in [2.05, 4.69) is 10.6 Å². The van der Waals surface area contributed by atoms with Gasteiger partial charge in [-0.3, -0.25) is 0 Å². The van der Waals surface area contributed by atoms with Gasteiger partial charge in [0.1, 0.15) is 17.1 Å². The Morgan fingerprint density at radius 2 is 1.97 bits per heavy atom. The van der Waals surface area contributed by atoms with Gasteiger partial charge in [0.05, 0.1) is 20.3 Å². The highest BCUT2D eigenvalue weighted by molar-refractivity contribution is 5.89. The molecule has 0 fully saturated rings. The summed E-state index contributed by atoms with van der Waals surface area (Å²) >= 11 is 0. The lowest BCUT2D eigenvalue weighted by Gasteiger charge is -2.31. The van der Waals surface area contributed by atoms with Crippen LogP contribution >= 0.6 is 0 Å². The number of urea groups is 1. The Labute approximate surface area is 171 Å². The van der Waals surface area contributed by atoms with Crippen molar-refractivity contribution < 1.29 is 19.0 Å². The van der Waals surface area contributed by atoms with E-state index in [9.17, 15) is 4.79 Å². The van der Waals surface area contributed by atoms with Gasteiger partial charge in [-0.15, -0.1) is 0 Å². The standard InChI is InChI=1S/C23H28N2O4/c1-4-13-24-22(26)25-19-7-10-21-18(14-19)11-12-23(2,29-21)16-28-15-17-5-8-20(27-3)9-6-17/h5-12,14H,4,13,15-16H2,1-3H3,(H2,24,25,26). The van der Waals surface area contributed by atoms with Crippen molar-refractivity contribution in [2.75, 3.05) is 25.6 Å². The fourth-order valence-corrected chi connectivity index (χ4v) is 2.99. The summed E-state index contributed by atoms with van der Waals surface area (Å²) < 4.78 is 17.2. The molecule has 154 valence electrons. The van der Waals surface area contributed by atoms with Gasteiger partial charge in [-0.2, -0.15) is 0 Å². The molecule has 2 N–H and O–H groups in total. The first kappa shape index (κ1) is 20.7. The number of carbonyl (C=O) groups excluding carboxylic acids is 1. The molecule has 0 saturated heterocycles. The van der Waals surface area contributed by atoms with E-state index < -0.39 is 5.60 Å². The van der Waals surface area contributed by atoms with Gasteiger partial charge in [0.15, 0.2) is 0 Å². The SMILES string of the molecule is CCCNC(=O)Nc1ccc2c(c1)C=CC(C)(COCc1ccc(OC)cc1)O2. The molecule has 29 heavy (non-hydrogen) atoms. The molecular formula is C23H28N2O4. The summed E-state index contributed by atoms with van der Waals surface area (Å²) in [4.78, 5) is 11.8. The molecule has 1 heterocycles. The number of rotatable bonds is 8. The lowest BCUT2D eigenvalue weighted by atomic mass is 10.0. The highest BCUT2D eigenvalue weighted by Gasteiger charge is 2.28. The molecule has 3 rings (SSSR count). The van der Waals surface area contributed by atoms with Gasteiger partial charge in [-0.25, -0.2) is 4.79 Å². The van der Waals surface area contributed by atoms with Crippen molar-refractivity contribution in [3.05, 3.63) is 59.7 Å². The molecule has 2 aromatic carbocycles. The van der Waals surface area contributed by atoms with Gasteiger partial charge in [0.2, 0.25) is 0 Å². The van der Waals surface area contributed by atoms with Gasteiger partial charge in [0.25, 0.3) is 0 Å². The number of amides is 2. The van der Waals surface area contributed by atoms with Crippen LogP contribution in [0.1, 0.15) is 31.4 Å². The average Bonchev–Trinajstić information content (AvgIpc) is 2.73. The van der Waals surface area contributed by atoms with Crippen molar-refractivity contribution in [2.45, 2.75) is 32.5 Å². The van der Waals surface area contributed by atoms with Gasteiger partial charge >= 0.3 is 6.03 Å². The Bertz CT molecular complexity index is 864. The Kier molecular flexibility index (Phi) is 6.77. The maximum Gasteiger partial charge on any atom is 0.319 e. The van der Waals surface area contributed by atoms with Crippen LogP contribution < -0.4 is 20.1 Å². The maximum absolute atomic E-state index is 11.8. The minimum atomic E-state index is -0.549. The molecule has 1 atom stereocenters. The molecular weight excluding hydrogens is 368 g/mol. The molecule has 1 aliphatic rings. The number of methoxy groups -OCH3 is 1. The molecule has 0 spiro atoms. The summed E-state index contributed by atoms with van der Waals surface area (Å²) in [5.41, 5.74) is 2.18. The quantitative estimate of drug-likeness (QED) is 0.684. The summed E-state index contributed by atoms with van der Waals surface area (Å²) in [6.45, 7) is 5.58. The van der Waals surface area contributed by atoms with E-state index in [1.54, 1.807) is 7.11 Å². The third-order valence-corrected chi connectivity index (χ3v) is 4.58. The second-order valence-electron chi connectivity index (χ2n) is 7.22. The van der Waals surface area contributed by atoms with Crippen LogP contribution in [0.4, 0.5) is 10.5 Å². The Morgan fingerprint density at radius 3 is 2.69 bits per heavy atom. The van der Waals surface area contributed by atoms with E-state index in [0.717, 1.165) is 34.7 Å². The van der Waals surface area contributed by atoms with Crippen LogP contribution in [0.5, 0.6) is 11.5 Å².